The molecule has 33 heavy (non-hydrogen) atoms. The fraction of sp³-hybridized carbons (Fsp3) is 0.208. The molecule has 2 aromatic carbocycles. The Bertz CT molecular complexity index is 1290. The summed E-state index contributed by atoms with van der Waals surface area (Å²) in [5.74, 6) is -0.357. The molecule has 0 aliphatic heterocycles. The molecule has 0 atom stereocenters. The van der Waals surface area contributed by atoms with Crippen molar-refractivity contribution in [2.24, 2.45) is 0 Å². The van der Waals surface area contributed by atoms with Crippen molar-refractivity contribution < 1.29 is 4.39 Å². The van der Waals surface area contributed by atoms with Crippen molar-refractivity contribution in [2.45, 2.75) is 33.9 Å². The third kappa shape index (κ3) is 5.23. The van der Waals surface area contributed by atoms with Crippen LogP contribution in [0.15, 0.2) is 54.9 Å². The van der Waals surface area contributed by atoms with Gasteiger partial charge in [-0.3, -0.25) is 9.36 Å². The zero-order valence-electron chi connectivity index (χ0n) is 18.6. The number of anilines is 2. The Morgan fingerprint density at radius 3 is 2.61 bits per heavy atom. The Morgan fingerprint density at radius 1 is 1.06 bits per heavy atom. The standard InChI is InChI=1S/C24H24ClFN6S/c1-15-7-4-5-8-18(15)12-31-13-19(11-27-31)28-24(33)29-23-16(2)30-32(17(23)3)14-20-21(25)9-6-10-22(20)26/h4-11,13H,12,14H2,1-3H3,(H2,28,29,33). The molecule has 2 heterocycles. The van der Waals surface area contributed by atoms with Crippen LogP contribution in [0.3, 0.4) is 0 Å². The lowest BCUT2D eigenvalue weighted by atomic mass is 10.1. The van der Waals surface area contributed by atoms with E-state index in [-0.39, 0.29) is 12.4 Å². The third-order valence-corrected chi connectivity index (χ3v) is 6.03. The summed E-state index contributed by atoms with van der Waals surface area (Å²) in [6.07, 6.45) is 3.64. The van der Waals surface area contributed by atoms with Crippen LogP contribution in [0, 0.1) is 26.6 Å². The van der Waals surface area contributed by atoms with Crippen LogP contribution in [-0.4, -0.2) is 24.7 Å². The van der Waals surface area contributed by atoms with Gasteiger partial charge in [0.1, 0.15) is 5.82 Å². The number of hydrogen-bond acceptors (Lipinski definition) is 3. The lowest BCUT2D eigenvalue weighted by Gasteiger charge is -2.11. The number of rotatable bonds is 6. The minimum Gasteiger partial charge on any atom is -0.330 e. The van der Waals surface area contributed by atoms with E-state index in [0.29, 0.717) is 22.2 Å². The van der Waals surface area contributed by atoms with Gasteiger partial charge in [0.2, 0.25) is 0 Å². The van der Waals surface area contributed by atoms with E-state index in [1.54, 1.807) is 23.0 Å². The molecule has 2 N–H and O–H groups in total. The molecule has 4 rings (SSSR count). The maximum Gasteiger partial charge on any atom is 0.175 e. The summed E-state index contributed by atoms with van der Waals surface area (Å²) >= 11 is 11.7. The predicted molar refractivity (Wildman–Crippen MR) is 135 cm³/mol. The molecule has 9 heteroatoms. The normalized spacial score (nSPS) is 10.9. The van der Waals surface area contributed by atoms with Crippen LogP contribution in [0.4, 0.5) is 15.8 Å². The van der Waals surface area contributed by atoms with Crippen LogP contribution >= 0.6 is 23.8 Å². The number of thiocarbonyl (C=S) groups is 1. The number of nitrogens with one attached hydrogen (secondary N) is 2. The van der Waals surface area contributed by atoms with Gasteiger partial charge in [0.15, 0.2) is 5.11 Å². The fourth-order valence-electron chi connectivity index (χ4n) is 3.62. The number of aromatic nitrogens is 4. The van der Waals surface area contributed by atoms with E-state index in [4.69, 9.17) is 23.8 Å². The topological polar surface area (TPSA) is 59.7 Å². The lowest BCUT2D eigenvalue weighted by Crippen LogP contribution is -2.19. The first-order valence-electron chi connectivity index (χ1n) is 10.4. The highest BCUT2D eigenvalue weighted by atomic mass is 35.5. The second-order valence-electron chi connectivity index (χ2n) is 7.84. The molecule has 0 spiro atoms. The van der Waals surface area contributed by atoms with Crippen molar-refractivity contribution in [1.29, 1.82) is 0 Å². The average Bonchev–Trinajstić information content (AvgIpc) is 3.31. The summed E-state index contributed by atoms with van der Waals surface area (Å²) in [5.41, 5.74) is 5.96. The Balaban J connectivity index is 1.43. The van der Waals surface area contributed by atoms with Gasteiger partial charge in [-0.15, -0.1) is 0 Å². The average molecular weight is 483 g/mol. The molecule has 4 aromatic rings. The van der Waals surface area contributed by atoms with Gasteiger partial charge in [0.05, 0.1) is 42.0 Å². The summed E-state index contributed by atoms with van der Waals surface area (Å²) in [6.45, 7) is 6.77. The quantitative estimate of drug-likeness (QED) is 0.345. The Kier molecular flexibility index (Phi) is 6.76. The Hall–Kier alpha value is -3.23. The van der Waals surface area contributed by atoms with Crippen molar-refractivity contribution in [2.75, 3.05) is 10.6 Å². The maximum atomic E-state index is 14.2. The molecule has 0 saturated carbocycles. The molecule has 0 radical (unpaired) electrons. The van der Waals surface area contributed by atoms with Gasteiger partial charge in [-0.2, -0.15) is 10.2 Å². The van der Waals surface area contributed by atoms with Crippen LogP contribution < -0.4 is 10.6 Å². The zero-order valence-corrected chi connectivity index (χ0v) is 20.1. The first-order valence-corrected chi connectivity index (χ1v) is 11.2. The van der Waals surface area contributed by atoms with E-state index >= 15 is 0 Å². The second kappa shape index (κ2) is 9.72. The van der Waals surface area contributed by atoms with E-state index in [2.05, 4.69) is 39.9 Å². The highest BCUT2D eigenvalue weighted by molar-refractivity contribution is 7.80. The van der Waals surface area contributed by atoms with Crippen LogP contribution in [0.1, 0.15) is 28.1 Å². The molecule has 0 fully saturated rings. The van der Waals surface area contributed by atoms with Crippen LogP contribution in [0.25, 0.3) is 0 Å². The molecule has 2 aromatic heterocycles. The van der Waals surface area contributed by atoms with Crippen molar-refractivity contribution in [3.05, 3.63) is 93.8 Å². The summed E-state index contributed by atoms with van der Waals surface area (Å²) in [5, 5.41) is 16.1. The summed E-state index contributed by atoms with van der Waals surface area (Å²) < 4.78 is 17.8. The van der Waals surface area contributed by atoms with Gasteiger partial charge in [-0.25, -0.2) is 4.39 Å². The summed E-state index contributed by atoms with van der Waals surface area (Å²) in [7, 11) is 0. The van der Waals surface area contributed by atoms with E-state index in [9.17, 15) is 4.39 Å². The number of hydrogen-bond donors (Lipinski definition) is 2. The third-order valence-electron chi connectivity index (χ3n) is 5.47. The predicted octanol–water partition coefficient (Wildman–Crippen LogP) is 5.70. The van der Waals surface area contributed by atoms with Gasteiger partial charge < -0.3 is 10.6 Å². The monoisotopic (exact) mass is 482 g/mol. The van der Waals surface area contributed by atoms with E-state index in [0.717, 1.165) is 22.8 Å². The molecule has 170 valence electrons. The molecular formula is C24H24ClFN6S. The lowest BCUT2D eigenvalue weighted by molar-refractivity contribution is 0.579. The summed E-state index contributed by atoms with van der Waals surface area (Å²) in [6, 6.07) is 12.9. The number of aryl methyl sites for hydroxylation is 2. The minimum absolute atomic E-state index is 0.228. The number of nitrogens with zero attached hydrogens (tertiary/aromatic N) is 4. The first-order chi connectivity index (χ1) is 15.8. The molecule has 0 bridgehead atoms. The largest absolute Gasteiger partial charge is 0.330 e. The second-order valence-corrected chi connectivity index (χ2v) is 8.65. The van der Waals surface area contributed by atoms with E-state index < -0.39 is 0 Å². The minimum atomic E-state index is -0.357. The maximum absolute atomic E-state index is 14.2. The molecular weight excluding hydrogens is 459 g/mol. The molecule has 0 amide bonds. The summed E-state index contributed by atoms with van der Waals surface area (Å²) in [4.78, 5) is 0. The van der Waals surface area contributed by atoms with Crippen molar-refractivity contribution >= 4 is 40.3 Å². The van der Waals surface area contributed by atoms with E-state index in [1.165, 1.54) is 17.2 Å². The van der Waals surface area contributed by atoms with Gasteiger partial charge in [0.25, 0.3) is 0 Å². The molecule has 6 nitrogen and oxygen atoms in total. The van der Waals surface area contributed by atoms with Gasteiger partial charge in [-0.1, -0.05) is 41.9 Å². The molecule has 0 saturated heterocycles. The van der Waals surface area contributed by atoms with Crippen molar-refractivity contribution in [1.82, 2.24) is 19.6 Å². The Labute approximate surface area is 202 Å². The SMILES string of the molecule is Cc1ccccc1Cn1cc(NC(=S)Nc2c(C)nn(Cc3c(F)cccc3Cl)c2C)cn1. The smallest absolute Gasteiger partial charge is 0.175 e. The zero-order chi connectivity index (χ0) is 23.5. The number of benzene rings is 2. The molecule has 0 aliphatic rings. The fourth-order valence-corrected chi connectivity index (χ4v) is 4.06. The van der Waals surface area contributed by atoms with Gasteiger partial charge >= 0.3 is 0 Å². The van der Waals surface area contributed by atoms with E-state index in [1.807, 2.05) is 36.9 Å². The van der Waals surface area contributed by atoms with Crippen molar-refractivity contribution in [3.8, 4) is 0 Å². The van der Waals surface area contributed by atoms with Crippen LogP contribution in [0.2, 0.25) is 5.02 Å². The number of halogens is 2. The van der Waals surface area contributed by atoms with Crippen LogP contribution in [0.5, 0.6) is 0 Å². The highest BCUT2D eigenvalue weighted by Crippen LogP contribution is 2.24. The van der Waals surface area contributed by atoms with Crippen molar-refractivity contribution in [3.63, 3.8) is 0 Å². The highest BCUT2D eigenvalue weighted by Gasteiger charge is 2.16. The Morgan fingerprint density at radius 2 is 1.85 bits per heavy atom. The molecule has 0 unspecified atom stereocenters. The van der Waals surface area contributed by atoms with Gasteiger partial charge in [0, 0.05) is 16.8 Å². The van der Waals surface area contributed by atoms with Gasteiger partial charge in [-0.05, 0) is 56.2 Å². The van der Waals surface area contributed by atoms with Crippen LogP contribution in [-0.2, 0) is 13.1 Å². The molecule has 0 aliphatic carbocycles. The first kappa shape index (κ1) is 22.9.